The van der Waals surface area contributed by atoms with Gasteiger partial charge in [0.1, 0.15) is 0 Å². The molecule has 1 aromatic carbocycles. The monoisotopic (exact) mass is 218 g/mol. The zero-order chi connectivity index (χ0) is 11.5. The van der Waals surface area contributed by atoms with Gasteiger partial charge in [0.15, 0.2) is 0 Å². The van der Waals surface area contributed by atoms with Crippen LogP contribution < -0.4 is 5.73 Å². The van der Waals surface area contributed by atoms with E-state index >= 15 is 0 Å². The van der Waals surface area contributed by atoms with E-state index in [-0.39, 0.29) is 6.04 Å². The van der Waals surface area contributed by atoms with Gasteiger partial charge in [-0.25, -0.2) is 0 Å². The molecule has 16 heavy (non-hydrogen) atoms. The predicted octanol–water partition coefficient (Wildman–Crippen LogP) is 2.48. The molecule has 1 aliphatic rings. The average molecular weight is 218 g/mol. The van der Waals surface area contributed by atoms with Crippen LogP contribution in [0.25, 0.3) is 0 Å². The normalized spacial score (nSPS) is 23.6. The van der Waals surface area contributed by atoms with Crippen molar-refractivity contribution in [2.75, 3.05) is 13.1 Å². The van der Waals surface area contributed by atoms with E-state index in [9.17, 15) is 0 Å². The number of aryl methyl sites for hydroxylation is 1. The summed E-state index contributed by atoms with van der Waals surface area (Å²) in [5, 5.41) is 0. The highest BCUT2D eigenvalue weighted by Gasteiger charge is 2.22. The molecule has 0 spiro atoms. The molecule has 88 valence electrons. The molecule has 1 aliphatic heterocycles. The average Bonchev–Trinajstić information content (AvgIpc) is 2.65. The van der Waals surface area contributed by atoms with Crippen LogP contribution in [0.3, 0.4) is 0 Å². The Bertz CT molecular complexity index is 348. The van der Waals surface area contributed by atoms with Crippen molar-refractivity contribution in [3.05, 3.63) is 35.4 Å². The summed E-state index contributed by atoms with van der Waals surface area (Å²) >= 11 is 0. The molecule has 2 nitrogen and oxygen atoms in total. The van der Waals surface area contributed by atoms with Gasteiger partial charge in [-0.05, 0) is 44.4 Å². The van der Waals surface area contributed by atoms with Crippen LogP contribution in [0, 0.1) is 6.92 Å². The molecule has 0 aliphatic carbocycles. The number of benzene rings is 1. The first-order chi connectivity index (χ1) is 7.68. The maximum atomic E-state index is 6.30. The number of likely N-dealkylation sites (tertiary alicyclic amines) is 1. The summed E-state index contributed by atoms with van der Waals surface area (Å²) in [5.74, 6) is 0. The van der Waals surface area contributed by atoms with E-state index < -0.39 is 0 Å². The first kappa shape index (κ1) is 11.6. The molecule has 0 saturated carbocycles. The van der Waals surface area contributed by atoms with Crippen molar-refractivity contribution in [3.8, 4) is 0 Å². The minimum Gasteiger partial charge on any atom is -0.323 e. The third-order valence-electron chi connectivity index (χ3n) is 3.71. The van der Waals surface area contributed by atoms with Crippen molar-refractivity contribution in [2.45, 2.75) is 38.8 Å². The Morgan fingerprint density at radius 2 is 2.19 bits per heavy atom. The highest BCUT2D eigenvalue weighted by molar-refractivity contribution is 5.28. The quantitative estimate of drug-likeness (QED) is 0.844. The lowest BCUT2D eigenvalue weighted by atomic mass is 10.0. The molecular weight excluding hydrogens is 196 g/mol. The van der Waals surface area contributed by atoms with Gasteiger partial charge in [-0.2, -0.15) is 0 Å². The zero-order valence-electron chi connectivity index (χ0n) is 10.3. The summed E-state index contributed by atoms with van der Waals surface area (Å²) < 4.78 is 0. The van der Waals surface area contributed by atoms with Gasteiger partial charge in [-0.3, -0.25) is 4.90 Å². The molecule has 2 atom stereocenters. The molecule has 1 saturated heterocycles. The second-order valence-electron chi connectivity index (χ2n) is 4.95. The van der Waals surface area contributed by atoms with E-state index in [0.717, 1.165) is 6.54 Å². The van der Waals surface area contributed by atoms with Crippen LogP contribution in [0.2, 0.25) is 0 Å². The Morgan fingerprint density at radius 1 is 1.44 bits per heavy atom. The lowest BCUT2D eigenvalue weighted by molar-refractivity contribution is 0.252. The number of hydrogen-bond donors (Lipinski definition) is 1. The number of hydrogen-bond acceptors (Lipinski definition) is 2. The molecule has 1 heterocycles. The van der Waals surface area contributed by atoms with E-state index in [1.54, 1.807) is 0 Å². The molecule has 0 amide bonds. The summed E-state index contributed by atoms with van der Waals surface area (Å²) in [6.45, 7) is 6.65. The van der Waals surface area contributed by atoms with Crippen LogP contribution >= 0.6 is 0 Å². The number of nitrogens with zero attached hydrogens (tertiary/aromatic N) is 1. The molecule has 0 aromatic heterocycles. The molecule has 0 bridgehead atoms. The molecule has 1 aromatic rings. The third-order valence-corrected chi connectivity index (χ3v) is 3.71. The molecular formula is C14H22N2. The van der Waals surface area contributed by atoms with E-state index in [2.05, 4.69) is 43.0 Å². The third kappa shape index (κ3) is 2.45. The highest BCUT2D eigenvalue weighted by Crippen LogP contribution is 2.21. The van der Waals surface area contributed by atoms with Crippen LogP contribution in [0.15, 0.2) is 24.3 Å². The Kier molecular flexibility index (Phi) is 3.62. The Labute approximate surface area is 98.4 Å². The van der Waals surface area contributed by atoms with Crippen LogP contribution in [0.1, 0.15) is 36.9 Å². The van der Waals surface area contributed by atoms with Gasteiger partial charge in [-0.15, -0.1) is 0 Å². The van der Waals surface area contributed by atoms with Crippen molar-refractivity contribution in [1.82, 2.24) is 4.90 Å². The molecule has 2 heteroatoms. The van der Waals surface area contributed by atoms with Gasteiger partial charge in [0.05, 0.1) is 0 Å². The van der Waals surface area contributed by atoms with Gasteiger partial charge in [0.2, 0.25) is 0 Å². The SMILES string of the molecule is Cc1ccccc1[C@H](N)CN1CCCC1C. The number of nitrogens with two attached hydrogens (primary N) is 1. The summed E-state index contributed by atoms with van der Waals surface area (Å²) in [6, 6.07) is 9.31. The van der Waals surface area contributed by atoms with Crippen LogP contribution in [0.4, 0.5) is 0 Å². The van der Waals surface area contributed by atoms with Crippen LogP contribution in [-0.4, -0.2) is 24.0 Å². The van der Waals surface area contributed by atoms with E-state index in [4.69, 9.17) is 5.73 Å². The van der Waals surface area contributed by atoms with Gasteiger partial charge < -0.3 is 5.73 Å². The smallest absolute Gasteiger partial charge is 0.0427 e. The Hall–Kier alpha value is -0.860. The summed E-state index contributed by atoms with van der Waals surface area (Å²) in [4.78, 5) is 2.51. The largest absolute Gasteiger partial charge is 0.323 e. The molecule has 1 unspecified atom stereocenters. The van der Waals surface area contributed by atoms with Gasteiger partial charge in [0.25, 0.3) is 0 Å². The zero-order valence-corrected chi connectivity index (χ0v) is 10.3. The van der Waals surface area contributed by atoms with Crippen molar-refractivity contribution in [2.24, 2.45) is 5.73 Å². The maximum absolute atomic E-state index is 6.30. The van der Waals surface area contributed by atoms with Gasteiger partial charge >= 0.3 is 0 Å². The predicted molar refractivity (Wildman–Crippen MR) is 68.4 cm³/mol. The second kappa shape index (κ2) is 4.98. The van der Waals surface area contributed by atoms with E-state index in [1.165, 1.54) is 30.5 Å². The van der Waals surface area contributed by atoms with Crippen molar-refractivity contribution >= 4 is 0 Å². The summed E-state index contributed by atoms with van der Waals surface area (Å²) in [5.41, 5.74) is 8.90. The molecule has 2 rings (SSSR count). The van der Waals surface area contributed by atoms with Crippen molar-refractivity contribution in [3.63, 3.8) is 0 Å². The van der Waals surface area contributed by atoms with Crippen molar-refractivity contribution < 1.29 is 0 Å². The summed E-state index contributed by atoms with van der Waals surface area (Å²) in [6.07, 6.45) is 2.64. The van der Waals surface area contributed by atoms with Gasteiger partial charge in [0, 0.05) is 18.6 Å². The fourth-order valence-electron chi connectivity index (χ4n) is 2.62. The molecule has 1 fully saturated rings. The van der Waals surface area contributed by atoms with Gasteiger partial charge in [-0.1, -0.05) is 24.3 Å². The lowest BCUT2D eigenvalue weighted by Gasteiger charge is -2.25. The minimum atomic E-state index is 0.154. The van der Waals surface area contributed by atoms with Crippen LogP contribution in [-0.2, 0) is 0 Å². The summed E-state index contributed by atoms with van der Waals surface area (Å²) in [7, 11) is 0. The van der Waals surface area contributed by atoms with E-state index in [0.29, 0.717) is 6.04 Å². The fourth-order valence-corrected chi connectivity index (χ4v) is 2.62. The standard InChI is InChI=1S/C14H22N2/c1-11-6-3-4-8-13(11)14(15)10-16-9-5-7-12(16)2/h3-4,6,8,12,14H,5,7,9-10,15H2,1-2H3/t12?,14-/m1/s1. The highest BCUT2D eigenvalue weighted by atomic mass is 15.2. The maximum Gasteiger partial charge on any atom is 0.0427 e. The topological polar surface area (TPSA) is 29.3 Å². The lowest BCUT2D eigenvalue weighted by Crippen LogP contribution is -2.34. The Balaban J connectivity index is 2.03. The van der Waals surface area contributed by atoms with Crippen LogP contribution in [0.5, 0.6) is 0 Å². The first-order valence-electron chi connectivity index (χ1n) is 6.23. The van der Waals surface area contributed by atoms with E-state index in [1.807, 2.05) is 0 Å². The first-order valence-corrected chi connectivity index (χ1v) is 6.23. The Morgan fingerprint density at radius 3 is 2.81 bits per heavy atom. The fraction of sp³-hybridized carbons (Fsp3) is 0.571. The number of rotatable bonds is 3. The molecule has 2 N–H and O–H groups in total. The molecule has 0 radical (unpaired) electrons. The minimum absolute atomic E-state index is 0.154. The second-order valence-corrected chi connectivity index (χ2v) is 4.95. The van der Waals surface area contributed by atoms with Crippen molar-refractivity contribution in [1.29, 1.82) is 0 Å².